The standard InChI is InChI=1S/C19H12ClN5/c20-13-6-8-14(9-7-13)24-19-16(11-22)17(12-4-2-1-3-5-12)15(10-21)18(23)25-19/h1-9H,(H3,23,24,25). The maximum Gasteiger partial charge on any atom is 0.151 e. The Kier molecular flexibility index (Phi) is 4.52. The molecule has 2 aromatic carbocycles. The number of rotatable bonds is 3. The van der Waals surface area contributed by atoms with Gasteiger partial charge in [-0.3, -0.25) is 0 Å². The number of benzene rings is 2. The zero-order valence-electron chi connectivity index (χ0n) is 13.0. The zero-order valence-corrected chi connectivity index (χ0v) is 13.7. The highest BCUT2D eigenvalue weighted by Crippen LogP contribution is 2.35. The van der Waals surface area contributed by atoms with Gasteiger partial charge in [0, 0.05) is 16.3 Å². The van der Waals surface area contributed by atoms with Crippen LogP contribution in [0.2, 0.25) is 5.02 Å². The molecule has 0 saturated carbocycles. The Bertz CT molecular complexity index is 999. The maximum absolute atomic E-state index is 9.69. The number of nitriles is 2. The molecule has 0 bridgehead atoms. The van der Waals surface area contributed by atoms with Crippen LogP contribution in [0.5, 0.6) is 0 Å². The Balaban J connectivity index is 2.21. The van der Waals surface area contributed by atoms with E-state index in [4.69, 9.17) is 17.3 Å². The van der Waals surface area contributed by atoms with E-state index in [2.05, 4.69) is 22.4 Å². The summed E-state index contributed by atoms with van der Waals surface area (Å²) in [5.41, 5.74) is 8.31. The van der Waals surface area contributed by atoms with Crippen molar-refractivity contribution in [3.63, 3.8) is 0 Å². The first-order chi connectivity index (χ1) is 12.1. The topological polar surface area (TPSA) is 98.5 Å². The minimum Gasteiger partial charge on any atom is -0.383 e. The summed E-state index contributed by atoms with van der Waals surface area (Å²) in [6.07, 6.45) is 0. The molecule has 0 aliphatic carbocycles. The van der Waals surface area contributed by atoms with Gasteiger partial charge < -0.3 is 11.1 Å². The van der Waals surface area contributed by atoms with E-state index in [9.17, 15) is 10.5 Å². The van der Waals surface area contributed by atoms with Crippen LogP contribution in [0.3, 0.4) is 0 Å². The first-order valence-electron chi connectivity index (χ1n) is 7.35. The molecule has 5 nitrogen and oxygen atoms in total. The quantitative estimate of drug-likeness (QED) is 0.729. The number of nitrogens with one attached hydrogen (secondary N) is 1. The Morgan fingerprint density at radius 2 is 1.56 bits per heavy atom. The van der Waals surface area contributed by atoms with E-state index in [-0.39, 0.29) is 16.9 Å². The Hall–Kier alpha value is -3.54. The molecule has 0 fully saturated rings. The normalized spacial score (nSPS) is 9.88. The minimum absolute atomic E-state index is 0.0665. The second kappa shape index (κ2) is 6.92. The molecule has 3 rings (SSSR count). The molecule has 0 radical (unpaired) electrons. The summed E-state index contributed by atoms with van der Waals surface area (Å²) in [4.78, 5) is 4.21. The number of hydrogen-bond donors (Lipinski definition) is 2. The van der Waals surface area contributed by atoms with Gasteiger partial charge in [-0.15, -0.1) is 0 Å². The van der Waals surface area contributed by atoms with Crippen LogP contribution in [0.25, 0.3) is 11.1 Å². The van der Waals surface area contributed by atoms with Crippen LogP contribution >= 0.6 is 11.6 Å². The highest BCUT2D eigenvalue weighted by Gasteiger charge is 2.20. The van der Waals surface area contributed by atoms with Gasteiger partial charge in [-0.2, -0.15) is 10.5 Å². The lowest BCUT2D eigenvalue weighted by atomic mass is 9.96. The monoisotopic (exact) mass is 345 g/mol. The van der Waals surface area contributed by atoms with Crippen LogP contribution in [-0.2, 0) is 0 Å². The van der Waals surface area contributed by atoms with Gasteiger partial charge in [0.15, 0.2) is 5.82 Å². The predicted octanol–water partition coefficient (Wildman–Crippen LogP) is 4.47. The van der Waals surface area contributed by atoms with Crippen LogP contribution in [-0.4, -0.2) is 4.98 Å². The fourth-order valence-electron chi connectivity index (χ4n) is 2.48. The lowest BCUT2D eigenvalue weighted by molar-refractivity contribution is 1.27. The van der Waals surface area contributed by atoms with E-state index < -0.39 is 0 Å². The highest BCUT2D eigenvalue weighted by molar-refractivity contribution is 6.30. The SMILES string of the molecule is N#Cc1c(N)nc(Nc2ccc(Cl)cc2)c(C#N)c1-c1ccccc1. The van der Waals surface area contributed by atoms with E-state index in [0.717, 1.165) is 5.56 Å². The van der Waals surface area contributed by atoms with Crippen LogP contribution in [0.4, 0.5) is 17.3 Å². The number of pyridine rings is 1. The fourth-order valence-corrected chi connectivity index (χ4v) is 2.61. The van der Waals surface area contributed by atoms with Crippen molar-refractivity contribution in [3.05, 3.63) is 70.7 Å². The van der Waals surface area contributed by atoms with Crippen molar-refractivity contribution < 1.29 is 0 Å². The molecular formula is C19H12ClN5. The van der Waals surface area contributed by atoms with Gasteiger partial charge in [0.1, 0.15) is 29.1 Å². The molecule has 0 aliphatic rings. The largest absolute Gasteiger partial charge is 0.383 e. The number of nitrogens with zero attached hydrogens (tertiary/aromatic N) is 3. The number of hydrogen-bond acceptors (Lipinski definition) is 5. The first kappa shape index (κ1) is 16.3. The number of aromatic nitrogens is 1. The molecule has 0 atom stereocenters. The van der Waals surface area contributed by atoms with Gasteiger partial charge in [0.2, 0.25) is 0 Å². The zero-order chi connectivity index (χ0) is 17.8. The van der Waals surface area contributed by atoms with E-state index in [0.29, 0.717) is 22.1 Å². The van der Waals surface area contributed by atoms with Crippen molar-refractivity contribution >= 4 is 28.9 Å². The second-order valence-corrected chi connectivity index (χ2v) is 5.63. The molecule has 25 heavy (non-hydrogen) atoms. The minimum atomic E-state index is 0.0665. The lowest BCUT2D eigenvalue weighted by Crippen LogP contribution is -2.06. The molecule has 1 aromatic heterocycles. The van der Waals surface area contributed by atoms with E-state index in [1.54, 1.807) is 24.3 Å². The Labute approximate surface area is 149 Å². The molecule has 6 heteroatoms. The number of anilines is 3. The predicted molar refractivity (Wildman–Crippen MR) is 98.3 cm³/mol. The van der Waals surface area contributed by atoms with Crippen molar-refractivity contribution in [2.75, 3.05) is 11.1 Å². The van der Waals surface area contributed by atoms with E-state index in [1.807, 2.05) is 30.3 Å². The van der Waals surface area contributed by atoms with Crippen LogP contribution < -0.4 is 11.1 Å². The van der Waals surface area contributed by atoms with Gasteiger partial charge >= 0.3 is 0 Å². The fraction of sp³-hybridized carbons (Fsp3) is 0. The van der Waals surface area contributed by atoms with Crippen LogP contribution in [0.15, 0.2) is 54.6 Å². The maximum atomic E-state index is 9.69. The molecule has 0 amide bonds. The van der Waals surface area contributed by atoms with Gasteiger partial charge in [-0.1, -0.05) is 41.9 Å². The van der Waals surface area contributed by atoms with Crippen molar-refractivity contribution in [1.82, 2.24) is 4.98 Å². The van der Waals surface area contributed by atoms with Crippen molar-refractivity contribution in [3.8, 4) is 23.3 Å². The molecular weight excluding hydrogens is 334 g/mol. The third kappa shape index (κ3) is 3.23. The molecule has 120 valence electrons. The average molecular weight is 346 g/mol. The summed E-state index contributed by atoms with van der Waals surface area (Å²) in [5.74, 6) is 0.358. The molecule has 3 aromatic rings. The smallest absolute Gasteiger partial charge is 0.151 e. The van der Waals surface area contributed by atoms with Crippen LogP contribution in [0.1, 0.15) is 11.1 Å². The summed E-state index contributed by atoms with van der Waals surface area (Å²) < 4.78 is 0. The molecule has 0 saturated heterocycles. The molecule has 0 spiro atoms. The van der Waals surface area contributed by atoms with Gasteiger partial charge in [-0.25, -0.2) is 4.98 Å². The number of nitrogens with two attached hydrogens (primary N) is 1. The molecule has 0 unspecified atom stereocenters. The molecule has 3 N–H and O–H groups in total. The lowest BCUT2D eigenvalue weighted by Gasteiger charge is -2.14. The summed E-state index contributed by atoms with van der Waals surface area (Å²) in [5, 5.41) is 22.8. The van der Waals surface area contributed by atoms with Crippen LogP contribution in [0, 0.1) is 22.7 Å². The summed E-state index contributed by atoms with van der Waals surface area (Å²) in [6, 6.07) is 20.3. The second-order valence-electron chi connectivity index (χ2n) is 5.19. The third-order valence-electron chi connectivity index (χ3n) is 3.62. The summed E-state index contributed by atoms with van der Waals surface area (Å²) in [7, 11) is 0. The number of nitrogen functional groups attached to an aromatic ring is 1. The Morgan fingerprint density at radius 3 is 2.16 bits per heavy atom. The van der Waals surface area contributed by atoms with Gasteiger partial charge in [-0.05, 0) is 29.8 Å². The molecule has 0 aliphatic heterocycles. The van der Waals surface area contributed by atoms with Crippen molar-refractivity contribution in [2.24, 2.45) is 0 Å². The highest BCUT2D eigenvalue weighted by atomic mass is 35.5. The van der Waals surface area contributed by atoms with Gasteiger partial charge in [0.25, 0.3) is 0 Å². The summed E-state index contributed by atoms with van der Waals surface area (Å²) in [6.45, 7) is 0. The number of halogens is 1. The van der Waals surface area contributed by atoms with E-state index >= 15 is 0 Å². The van der Waals surface area contributed by atoms with Gasteiger partial charge in [0.05, 0.1) is 0 Å². The summed E-state index contributed by atoms with van der Waals surface area (Å²) >= 11 is 5.89. The third-order valence-corrected chi connectivity index (χ3v) is 3.87. The molecule has 1 heterocycles. The van der Waals surface area contributed by atoms with E-state index in [1.165, 1.54) is 0 Å². The van der Waals surface area contributed by atoms with Crippen molar-refractivity contribution in [2.45, 2.75) is 0 Å². The first-order valence-corrected chi connectivity index (χ1v) is 7.73. The van der Waals surface area contributed by atoms with Crippen molar-refractivity contribution in [1.29, 1.82) is 10.5 Å². The average Bonchev–Trinajstić information content (AvgIpc) is 2.64. The Morgan fingerprint density at radius 1 is 0.920 bits per heavy atom.